The Balaban J connectivity index is 2.83. The van der Waals surface area contributed by atoms with Gasteiger partial charge in [-0.15, -0.1) is 0 Å². The van der Waals surface area contributed by atoms with Gasteiger partial charge in [-0.1, -0.05) is 0 Å². The molecule has 0 spiro atoms. The number of pyridine rings is 1. The highest BCUT2D eigenvalue weighted by Crippen LogP contribution is 2.22. The van der Waals surface area contributed by atoms with Crippen molar-refractivity contribution in [2.24, 2.45) is 0 Å². The van der Waals surface area contributed by atoms with E-state index >= 15 is 0 Å². The maximum absolute atomic E-state index is 5.84. The van der Waals surface area contributed by atoms with Crippen molar-refractivity contribution < 1.29 is 0 Å². The Kier molecular flexibility index (Phi) is 1.91. The molecule has 2 aromatic heterocycles. The molecule has 0 saturated heterocycles. The van der Waals surface area contributed by atoms with E-state index in [0.717, 1.165) is 16.7 Å². The topological polar surface area (TPSA) is 56.7 Å². The van der Waals surface area contributed by atoms with E-state index in [1.54, 1.807) is 6.20 Å². The molecule has 0 unspecified atom stereocenters. The van der Waals surface area contributed by atoms with Crippen LogP contribution in [0.2, 0.25) is 0 Å². The van der Waals surface area contributed by atoms with Crippen LogP contribution in [0.25, 0.3) is 11.2 Å². The van der Waals surface area contributed by atoms with Crippen molar-refractivity contribution in [2.45, 2.75) is 26.8 Å². The fourth-order valence-electron chi connectivity index (χ4n) is 1.64. The normalized spacial score (nSPS) is 11.4. The van der Waals surface area contributed by atoms with E-state index in [0.29, 0.717) is 5.95 Å². The third kappa shape index (κ3) is 1.14. The molecular weight excluding hydrogens is 176 g/mol. The molecule has 0 atom stereocenters. The molecule has 74 valence electrons. The van der Waals surface area contributed by atoms with Gasteiger partial charge in [0.05, 0.1) is 0 Å². The van der Waals surface area contributed by atoms with Gasteiger partial charge >= 0.3 is 0 Å². The molecule has 0 amide bonds. The van der Waals surface area contributed by atoms with Crippen LogP contribution in [-0.4, -0.2) is 14.5 Å². The lowest BCUT2D eigenvalue weighted by atomic mass is 10.3. The summed E-state index contributed by atoms with van der Waals surface area (Å²) in [4.78, 5) is 8.62. The first-order chi connectivity index (χ1) is 6.61. The van der Waals surface area contributed by atoms with Crippen molar-refractivity contribution in [3.63, 3.8) is 0 Å². The summed E-state index contributed by atoms with van der Waals surface area (Å²) in [6, 6.07) is 2.23. The van der Waals surface area contributed by atoms with E-state index < -0.39 is 0 Å². The molecule has 0 aliphatic carbocycles. The highest BCUT2D eigenvalue weighted by molar-refractivity contribution is 5.77. The van der Waals surface area contributed by atoms with Crippen LogP contribution in [0.5, 0.6) is 0 Å². The lowest BCUT2D eigenvalue weighted by molar-refractivity contribution is 0.622. The van der Waals surface area contributed by atoms with Crippen LogP contribution in [0.1, 0.15) is 25.5 Å². The molecule has 0 aliphatic rings. The molecule has 0 aromatic carbocycles. The van der Waals surface area contributed by atoms with Crippen LogP contribution in [0.15, 0.2) is 12.3 Å². The molecule has 2 rings (SSSR count). The first-order valence-electron chi connectivity index (χ1n) is 4.70. The first kappa shape index (κ1) is 8.99. The van der Waals surface area contributed by atoms with Gasteiger partial charge in [0.1, 0.15) is 5.52 Å². The Labute approximate surface area is 82.8 Å². The second-order valence-corrected chi connectivity index (χ2v) is 3.73. The minimum absolute atomic E-state index is 0.286. The van der Waals surface area contributed by atoms with Gasteiger partial charge in [-0.3, -0.25) is 4.57 Å². The maximum atomic E-state index is 5.84. The summed E-state index contributed by atoms with van der Waals surface area (Å²) in [5, 5.41) is 0. The van der Waals surface area contributed by atoms with Gasteiger partial charge in [0.2, 0.25) is 5.95 Å². The van der Waals surface area contributed by atoms with Gasteiger partial charge in [-0.05, 0) is 32.4 Å². The van der Waals surface area contributed by atoms with Crippen LogP contribution in [0.4, 0.5) is 5.95 Å². The second kappa shape index (κ2) is 2.97. The maximum Gasteiger partial charge on any atom is 0.202 e. The number of rotatable bonds is 1. The fourth-order valence-corrected chi connectivity index (χ4v) is 1.64. The molecule has 0 fully saturated rings. The Morgan fingerprint density at radius 3 is 2.79 bits per heavy atom. The molecule has 14 heavy (non-hydrogen) atoms. The van der Waals surface area contributed by atoms with Gasteiger partial charge in [0.25, 0.3) is 0 Å². The van der Waals surface area contributed by atoms with Crippen molar-refractivity contribution >= 4 is 17.1 Å². The van der Waals surface area contributed by atoms with Crippen molar-refractivity contribution in [3.8, 4) is 0 Å². The van der Waals surface area contributed by atoms with Crippen molar-refractivity contribution in [3.05, 3.63) is 17.8 Å². The zero-order chi connectivity index (χ0) is 10.3. The monoisotopic (exact) mass is 190 g/mol. The lowest BCUT2D eigenvalue weighted by Crippen LogP contribution is -2.05. The summed E-state index contributed by atoms with van der Waals surface area (Å²) in [5.74, 6) is 0.539. The van der Waals surface area contributed by atoms with E-state index in [2.05, 4.69) is 23.8 Å². The third-order valence-electron chi connectivity index (χ3n) is 2.32. The van der Waals surface area contributed by atoms with Gasteiger partial charge < -0.3 is 5.73 Å². The molecule has 2 aromatic rings. The van der Waals surface area contributed by atoms with E-state index in [4.69, 9.17) is 5.73 Å². The number of hydrogen-bond donors (Lipinski definition) is 1. The summed E-state index contributed by atoms with van der Waals surface area (Å²) < 4.78 is 1.95. The second-order valence-electron chi connectivity index (χ2n) is 3.73. The average Bonchev–Trinajstić information content (AvgIpc) is 2.42. The molecule has 4 heteroatoms. The van der Waals surface area contributed by atoms with Gasteiger partial charge in [-0.2, -0.15) is 0 Å². The summed E-state index contributed by atoms with van der Waals surface area (Å²) in [6.07, 6.45) is 1.79. The molecule has 0 saturated carbocycles. The van der Waals surface area contributed by atoms with Gasteiger partial charge in [-0.25, -0.2) is 9.97 Å². The number of nitrogens with zero attached hydrogens (tertiary/aromatic N) is 3. The van der Waals surface area contributed by atoms with Crippen LogP contribution in [0, 0.1) is 6.92 Å². The van der Waals surface area contributed by atoms with E-state index in [1.807, 2.05) is 17.6 Å². The van der Waals surface area contributed by atoms with Crippen molar-refractivity contribution in [1.29, 1.82) is 0 Å². The van der Waals surface area contributed by atoms with Gasteiger partial charge in [0.15, 0.2) is 5.65 Å². The molecule has 4 nitrogen and oxygen atoms in total. The highest BCUT2D eigenvalue weighted by Gasteiger charge is 2.12. The average molecular weight is 190 g/mol. The lowest BCUT2D eigenvalue weighted by Gasteiger charge is -2.08. The Morgan fingerprint density at radius 1 is 1.43 bits per heavy atom. The number of nitrogen functional groups attached to an aromatic ring is 1. The van der Waals surface area contributed by atoms with Crippen LogP contribution in [-0.2, 0) is 0 Å². The first-order valence-corrected chi connectivity index (χ1v) is 4.70. The Morgan fingerprint density at radius 2 is 2.14 bits per heavy atom. The molecule has 0 bridgehead atoms. The minimum atomic E-state index is 0.286. The summed E-state index contributed by atoms with van der Waals surface area (Å²) in [7, 11) is 0. The zero-order valence-electron chi connectivity index (χ0n) is 8.65. The van der Waals surface area contributed by atoms with Crippen LogP contribution >= 0.6 is 0 Å². The van der Waals surface area contributed by atoms with Crippen molar-refractivity contribution in [1.82, 2.24) is 14.5 Å². The number of aromatic nitrogens is 3. The fraction of sp³-hybridized carbons (Fsp3) is 0.400. The molecule has 2 N–H and O–H groups in total. The molecule has 0 radical (unpaired) electrons. The molecule has 0 aliphatic heterocycles. The Bertz CT molecular complexity index is 470. The highest BCUT2D eigenvalue weighted by atomic mass is 15.2. The number of aryl methyl sites for hydroxylation is 1. The van der Waals surface area contributed by atoms with E-state index in [1.165, 1.54) is 0 Å². The Hall–Kier alpha value is -1.58. The number of hydrogen-bond acceptors (Lipinski definition) is 3. The predicted octanol–water partition coefficient (Wildman–Crippen LogP) is 1.90. The quantitative estimate of drug-likeness (QED) is 0.747. The largest absolute Gasteiger partial charge is 0.369 e. The number of imidazole rings is 1. The molecule has 2 heterocycles. The predicted molar refractivity (Wildman–Crippen MR) is 57.1 cm³/mol. The van der Waals surface area contributed by atoms with Crippen LogP contribution < -0.4 is 5.73 Å². The van der Waals surface area contributed by atoms with Crippen LogP contribution in [0.3, 0.4) is 0 Å². The summed E-state index contributed by atoms with van der Waals surface area (Å²) >= 11 is 0. The standard InChI is InChI=1S/C10H14N4/c1-6(2)14-9-8(13-10(14)11)7(3)4-5-12-9/h4-6H,1-3H3,(H2,11,13). The SMILES string of the molecule is Cc1ccnc2c1nc(N)n2C(C)C. The zero-order valence-corrected chi connectivity index (χ0v) is 8.65. The number of nitrogens with two attached hydrogens (primary N) is 1. The van der Waals surface area contributed by atoms with E-state index in [9.17, 15) is 0 Å². The third-order valence-corrected chi connectivity index (χ3v) is 2.32. The van der Waals surface area contributed by atoms with Crippen molar-refractivity contribution in [2.75, 3.05) is 5.73 Å². The smallest absolute Gasteiger partial charge is 0.202 e. The number of anilines is 1. The minimum Gasteiger partial charge on any atom is -0.369 e. The number of fused-ring (bicyclic) bond motifs is 1. The van der Waals surface area contributed by atoms with E-state index in [-0.39, 0.29) is 6.04 Å². The van der Waals surface area contributed by atoms with Gasteiger partial charge in [0, 0.05) is 12.2 Å². The molecular formula is C10H14N4. The summed E-state index contributed by atoms with van der Waals surface area (Å²) in [5.41, 5.74) is 8.72. The summed E-state index contributed by atoms with van der Waals surface area (Å²) in [6.45, 7) is 6.16.